The first-order valence-electron chi connectivity index (χ1n) is 8.12. The molecule has 1 amide bonds. The number of benzene rings is 2. The van der Waals surface area contributed by atoms with Gasteiger partial charge in [-0.25, -0.2) is 8.78 Å². The Kier molecular flexibility index (Phi) is 6.29. The average Bonchev–Trinajstić information content (AvgIpc) is 2.58. The molecule has 2 aromatic carbocycles. The van der Waals surface area contributed by atoms with Crippen molar-refractivity contribution in [1.29, 1.82) is 0 Å². The van der Waals surface area contributed by atoms with Crippen molar-refractivity contribution in [2.75, 3.05) is 23.3 Å². The molecule has 0 bridgehead atoms. The van der Waals surface area contributed by atoms with E-state index in [9.17, 15) is 13.6 Å². The number of hydrogen-bond donors (Lipinski definition) is 1. The van der Waals surface area contributed by atoms with Gasteiger partial charge in [0.25, 0.3) is 0 Å². The maximum Gasteiger partial charge on any atom is 0.224 e. The molecule has 0 unspecified atom stereocenters. The van der Waals surface area contributed by atoms with E-state index in [1.165, 1.54) is 0 Å². The van der Waals surface area contributed by atoms with Crippen molar-refractivity contribution in [3.63, 3.8) is 0 Å². The Morgan fingerprint density at radius 1 is 1.04 bits per heavy atom. The van der Waals surface area contributed by atoms with Gasteiger partial charge in [-0.1, -0.05) is 0 Å². The molecule has 1 N–H and O–H groups in total. The zero-order chi connectivity index (χ0) is 17.5. The van der Waals surface area contributed by atoms with Crippen molar-refractivity contribution in [1.82, 2.24) is 0 Å². The van der Waals surface area contributed by atoms with Crippen LogP contribution in [0.25, 0.3) is 0 Å². The molecule has 0 aliphatic carbocycles. The first-order valence-corrected chi connectivity index (χ1v) is 8.12. The lowest BCUT2D eigenvalue weighted by molar-refractivity contribution is -0.116. The van der Waals surface area contributed by atoms with Gasteiger partial charge in [-0.3, -0.25) is 4.79 Å². The Labute approximate surface area is 141 Å². The van der Waals surface area contributed by atoms with Crippen LogP contribution in [0.2, 0.25) is 0 Å². The molecule has 0 aliphatic rings. The van der Waals surface area contributed by atoms with E-state index < -0.39 is 11.6 Å². The van der Waals surface area contributed by atoms with Gasteiger partial charge < -0.3 is 10.2 Å². The van der Waals surface area contributed by atoms with E-state index in [0.29, 0.717) is 5.69 Å². The van der Waals surface area contributed by atoms with Gasteiger partial charge in [0, 0.05) is 30.9 Å². The van der Waals surface area contributed by atoms with Crippen molar-refractivity contribution >= 4 is 17.3 Å². The van der Waals surface area contributed by atoms with Crippen molar-refractivity contribution in [3.8, 4) is 0 Å². The summed E-state index contributed by atoms with van der Waals surface area (Å²) in [4.78, 5) is 14.2. The Morgan fingerprint density at radius 3 is 2.33 bits per heavy atom. The highest BCUT2D eigenvalue weighted by atomic mass is 19.1. The minimum atomic E-state index is -0.501. The second-order valence-electron chi connectivity index (χ2n) is 5.50. The molecule has 0 fully saturated rings. The zero-order valence-corrected chi connectivity index (χ0v) is 14.0. The first-order chi connectivity index (χ1) is 11.5. The smallest absolute Gasteiger partial charge is 0.224 e. The van der Waals surface area contributed by atoms with Gasteiger partial charge in [-0.15, -0.1) is 0 Å². The second kappa shape index (κ2) is 8.43. The normalized spacial score (nSPS) is 10.5. The number of rotatable bonds is 7. The number of nitrogens with zero attached hydrogens (tertiary/aromatic N) is 1. The second-order valence-corrected chi connectivity index (χ2v) is 5.50. The largest absolute Gasteiger partial charge is 0.372 e. The third kappa shape index (κ3) is 4.78. The van der Waals surface area contributed by atoms with Gasteiger partial charge in [0.15, 0.2) is 0 Å². The van der Waals surface area contributed by atoms with E-state index >= 15 is 0 Å². The summed E-state index contributed by atoms with van der Waals surface area (Å²) in [6.07, 6.45) is 0.255. The average molecular weight is 332 g/mol. The van der Waals surface area contributed by atoms with E-state index in [1.807, 2.05) is 24.3 Å². The lowest BCUT2D eigenvalue weighted by atomic mass is 10.1. The summed E-state index contributed by atoms with van der Waals surface area (Å²) in [5.74, 6) is -1.22. The summed E-state index contributed by atoms with van der Waals surface area (Å²) >= 11 is 0. The number of hydrogen-bond acceptors (Lipinski definition) is 2. The highest BCUT2D eigenvalue weighted by Gasteiger charge is 2.08. The Hall–Kier alpha value is -2.43. The predicted octanol–water partition coefficient (Wildman–Crippen LogP) is 4.38. The number of aryl methyl sites for hydroxylation is 1. The molecule has 128 valence electrons. The maximum absolute atomic E-state index is 13.5. The lowest BCUT2D eigenvalue weighted by Gasteiger charge is -2.21. The molecule has 3 nitrogen and oxygen atoms in total. The molecule has 0 heterocycles. The van der Waals surface area contributed by atoms with Crippen LogP contribution in [0.5, 0.6) is 0 Å². The number of carbonyl (C=O) groups is 1. The number of carbonyl (C=O) groups excluding carboxylic acids is 1. The molecule has 0 saturated carbocycles. The monoisotopic (exact) mass is 332 g/mol. The van der Waals surface area contributed by atoms with Gasteiger partial charge >= 0.3 is 0 Å². The van der Waals surface area contributed by atoms with E-state index in [1.54, 1.807) is 0 Å². The topological polar surface area (TPSA) is 32.3 Å². The van der Waals surface area contributed by atoms with E-state index in [0.717, 1.165) is 37.0 Å². The van der Waals surface area contributed by atoms with Crippen molar-refractivity contribution in [2.45, 2.75) is 26.7 Å². The van der Waals surface area contributed by atoms with Gasteiger partial charge in [-0.2, -0.15) is 0 Å². The summed E-state index contributed by atoms with van der Waals surface area (Å²) in [6.45, 7) is 6.01. The fourth-order valence-electron chi connectivity index (χ4n) is 2.55. The van der Waals surface area contributed by atoms with Crippen LogP contribution >= 0.6 is 0 Å². The third-order valence-electron chi connectivity index (χ3n) is 3.91. The molecule has 2 aromatic rings. The Balaban J connectivity index is 1.91. The standard InChI is InChI=1S/C19H22F2N2O/c1-3-23(4-2)17-9-7-16(8-10-17)22-19(24)12-5-14-13-15(20)6-11-18(14)21/h6-11,13H,3-5,12H2,1-2H3,(H,22,24). The highest BCUT2D eigenvalue weighted by Crippen LogP contribution is 2.18. The van der Waals surface area contributed by atoms with E-state index in [-0.39, 0.29) is 24.3 Å². The summed E-state index contributed by atoms with van der Waals surface area (Å²) in [5.41, 5.74) is 2.00. The molecule has 0 spiro atoms. The van der Waals surface area contributed by atoms with Crippen LogP contribution in [-0.4, -0.2) is 19.0 Å². The van der Waals surface area contributed by atoms with Crippen LogP contribution in [0.1, 0.15) is 25.8 Å². The first kappa shape index (κ1) is 17.9. The zero-order valence-electron chi connectivity index (χ0n) is 14.0. The van der Waals surface area contributed by atoms with Gasteiger partial charge in [0.05, 0.1) is 0 Å². The predicted molar refractivity (Wildman–Crippen MR) is 93.3 cm³/mol. The van der Waals surface area contributed by atoms with E-state index in [2.05, 4.69) is 24.1 Å². The van der Waals surface area contributed by atoms with E-state index in [4.69, 9.17) is 0 Å². The molecular formula is C19H22F2N2O. The Morgan fingerprint density at radius 2 is 1.71 bits per heavy atom. The number of anilines is 2. The lowest BCUT2D eigenvalue weighted by Crippen LogP contribution is -2.21. The molecular weight excluding hydrogens is 310 g/mol. The van der Waals surface area contributed by atoms with Crippen molar-refractivity contribution < 1.29 is 13.6 Å². The quantitative estimate of drug-likeness (QED) is 0.816. The van der Waals surface area contributed by atoms with Gasteiger partial charge in [-0.05, 0) is 68.3 Å². The molecule has 2 rings (SSSR count). The van der Waals surface area contributed by atoms with Gasteiger partial charge in [0.2, 0.25) is 5.91 Å². The minimum absolute atomic E-state index is 0.0954. The molecule has 0 atom stereocenters. The van der Waals surface area contributed by atoms with Crippen LogP contribution in [-0.2, 0) is 11.2 Å². The van der Waals surface area contributed by atoms with Crippen LogP contribution in [0.3, 0.4) is 0 Å². The fourth-order valence-corrected chi connectivity index (χ4v) is 2.55. The minimum Gasteiger partial charge on any atom is -0.372 e. The summed E-state index contributed by atoms with van der Waals surface area (Å²) in [5, 5.41) is 2.77. The number of halogens is 2. The van der Waals surface area contributed by atoms with Gasteiger partial charge in [0.1, 0.15) is 11.6 Å². The van der Waals surface area contributed by atoms with Crippen molar-refractivity contribution in [2.24, 2.45) is 0 Å². The molecule has 24 heavy (non-hydrogen) atoms. The van der Waals surface area contributed by atoms with Crippen molar-refractivity contribution in [3.05, 3.63) is 59.7 Å². The maximum atomic E-state index is 13.5. The summed E-state index contributed by atoms with van der Waals surface area (Å²) in [6, 6.07) is 10.9. The molecule has 0 saturated heterocycles. The summed E-state index contributed by atoms with van der Waals surface area (Å²) < 4.78 is 26.6. The van der Waals surface area contributed by atoms with Crippen LogP contribution in [0.15, 0.2) is 42.5 Å². The molecule has 0 aromatic heterocycles. The SMILES string of the molecule is CCN(CC)c1ccc(NC(=O)CCc2cc(F)ccc2F)cc1. The highest BCUT2D eigenvalue weighted by molar-refractivity contribution is 5.91. The molecule has 5 heteroatoms. The van der Waals surface area contributed by atoms with Crippen LogP contribution in [0, 0.1) is 11.6 Å². The van der Waals surface area contributed by atoms with Crippen LogP contribution < -0.4 is 10.2 Å². The number of nitrogens with one attached hydrogen (secondary N) is 1. The third-order valence-corrected chi connectivity index (χ3v) is 3.91. The summed E-state index contributed by atoms with van der Waals surface area (Å²) in [7, 11) is 0. The molecule has 0 radical (unpaired) electrons. The number of amides is 1. The fraction of sp³-hybridized carbons (Fsp3) is 0.316. The molecule has 0 aliphatic heterocycles. The van der Waals surface area contributed by atoms with Crippen LogP contribution in [0.4, 0.5) is 20.2 Å². The Bertz CT molecular complexity index is 682.